The molecule has 0 N–H and O–H groups in total. The van der Waals surface area contributed by atoms with Crippen molar-refractivity contribution in [3.63, 3.8) is 0 Å². The number of likely N-dealkylation sites (tertiary alicyclic amines) is 1. The number of piperidine rings is 1. The zero-order valence-corrected chi connectivity index (χ0v) is 15.2. The number of hydrogen-bond acceptors (Lipinski definition) is 1. The number of alkyl halides is 1. The van der Waals surface area contributed by atoms with Crippen LogP contribution in [-0.2, 0) is 0 Å². The molecule has 2 aliphatic rings. The maximum absolute atomic E-state index is 13.2. The number of nitrogens with zero attached hydrogens (tertiary/aromatic N) is 1. The van der Waals surface area contributed by atoms with Gasteiger partial charge >= 0.3 is 0 Å². The summed E-state index contributed by atoms with van der Waals surface area (Å²) in [7, 11) is 0. The summed E-state index contributed by atoms with van der Waals surface area (Å²) in [5.41, 5.74) is 1.98. The van der Waals surface area contributed by atoms with E-state index < -0.39 is 0 Å². The molecule has 1 aliphatic carbocycles. The third kappa shape index (κ3) is 3.08. The number of carbonyl (C=O) groups excluding carboxylic acids is 1. The summed E-state index contributed by atoms with van der Waals surface area (Å²) in [5, 5.41) is 0. The van der Waals surface area contributed by atoms with Gasteiger partial charge in [-0.2, -0.15) is 0 Å². The summed E-state index contributed by atoms with van der Waals surface area (Å²) in [4.78, 5) is 15.2. The molecular weight excluding hydrogens is 330 g/mol. The second-order valence-electron chi connectivity index (χ2n) is 7.36. The first-order chi connectivity index (χ1) is 12.2. The Balaban J connectivity index is 1.74. The van der Waals surface area contributed by atoms with Crippen LogP contribution >= 0.6 is 11.6 Å². The molecule has 3 atom stereocenters. The number of amides is 1. The first-order valence-corrected chi connectivity index (χ1v) is 9.67. The van der Waals surface area contributed by atoms with Crippen molar-refractivity contribution in [1.82, 2.24) is 4.90 Å². The van der Waals surface area contributed by atoms with Crippen molar-refractivity contribution < 1.29 is 4.79 Å². The van der Waals surface area contributed by atoms with Gasteiger partial charge in [-0.1, -0.05) is 61.4 Å². The van der Waals surface area contributed by atoms with E-state index in [0.717, 1.165) is 31.4 Å². The highest BCUT2D eigenvalue weighted by Crippen LogP contribution is 2.52. The van der Waals surface area contributed by atoms with E-state index in [1.807, 2.05) is 36.4 Å². The minimum Gasteiger partial charge on any atom is -0.331 e. The molecule has 1 heterocycles. The van der Waals surface area contributed by atoms with Gasteiger partial charge in [-0.15, -0.1) is 11.6 Å². The number of rotatable bonds is 2. The van der Waals surface area contributed by atoms with Crippen molar-refractivity contribution in [3.05, 3.63) is 71.8 Å². The highest BCUT2D eigenvalue weighted by Gasteiger charge is 2.50. The Kier molecular flexibility index (Phi) is 4.56. The van der Waals surface area contributed by atoms with Crippen LogP contribution < -0.4 is 0 Å². The van der Waals surface area contributed by atoms with Gasteiger partial charge in [0.25, 0.3) is 5.91 Å². The lowest BCUT2D eigenvalue weighted by atomic mass is 9.68. The van der Waals surface area contributed by atoms with Crippen molar-refractivity contribution in [1.29, 1.82) is 0 Å². The molecule has 0 bridgehead atoms. The maximum Gasteiger partial charge on any atom is 0.254 e. The normalized spacial score (nSPS) is 29.1. The first-order valence-electron chi connectivity index (χ1n) is 9.29. The molecule has 1 amide bonds. The minimum atomic E-state index is -0.160. The molecule has 2 aromatic rings. The van der Waals surface area contributed by atoms with Gasteiger partial charge in [0, 0.05) is 18.0 Å². The molecule has 1 saturated carbocycles. The van der Waals surface area contributed by atoms with E-state index in [1.54, 1.807) is 0 Å². The van der Waals surface area contributed by atoms with E-state index in [9.17, 15) is 4.79 Å². The Morgan fingerprint density at radius 1 is 0.960 bits per heavy atom. The van der Waals surface area contributed by atoms with Crippen molar-refractivity contribution >= 4 is 17.5 Å². The first kappa shape index (κ1) is 16.7. The molecule has 0 aromatic heterocycles. The molecule has 2 nitrogen and oxygen atoms in total. The van der Waals surface area contributed by atoms with Crippen LogP contribution in [0.25, 0.3) is 0 Å². The lowest BCUT2D eigenvalue weighted by Gasteiger charge is -2.52. The summed E-state index contributed by atoms with van der Waals surface area (Å²) in [6.45, 7) is 0.729. The molecule has 0 spiro atoms. The molecule has 4 rings (SSSR count). The molecule has 25 heavy (non-hydrogen) atoms. The number of halogens is 1. The van der Waals surface area contributed by atoms with Gasteiger partial charge in [-0.05, 0) is 37.0 Å². The molecule has 0 unspecified atom stereocenters. The molecular formula is C22H24ClNO. The van der Waals surface area contributed by atoms with E-state index in [0.29, 0.717) is 5.92 Å². The average molecular weight is 354 g/mol. The van der Waals surface area contributed by atoms with Crippen molar-refractivity contribution in [2.45, 2.75) is 43.0 Å². The average Bonchev–Trinajstić information content (AvgIpc) is 2.67. The zero-order chi connectivity index (χ0) is 17.3. The number of carbonyl (C=O) groups is 1. The van der Waals surface area contributed by atoms with Gasteiger partial charge in [0.2, 0.25) is 0 Å². The number of fused-ring (bicyclic) bond motifs is 1. The van der Waals surface area contributed by atoms with E-state index in [1.165, 1.54) is 18.4 Å². The Morgan fingerprint density at radius 2 is 1.64 bits per heavy atom. The molecule has 3 heteroatoms. The molecule has 1 saturated heterocycles. The monoisotopic (exact) mass is 353 g/mol. The van der Waals surface area contributed by atoms with E-state index >= 15 is 0 Å². The quantitative estimate of drug-likeness (QED) is 0.658. The van der Waals surface area contributed by atoms with Crippen LogP contribution in [0.2, 0.25) is 0 Å². The van der Waals surface area contributed by atoms with E-state index in [2.05, 4.69) is 29.2 Å². The number of hydrogen-bond donors (Lipinski definition) is 0. The van der Waals surface area contributed by atoms with Crippen LogP contribution in [0.3, 0.4) is 0 Å². The molecule has 2 aromatic carbocycles. The highest BCUT2D eigenvalue weighted by atomic mass is 35.5. The predicted molar refractivity (Wildman–Crippen MR) is 102 cm³/mol. The lowest BCUT2D eigenvalue weighted by Crippen LogP contribution is -2.53. The fourth-order valence-corrected chi connectivity index (χ4v) is 5.12. The summed E-state index contributed by atoms with van der Waals surface area (Å²) >= 11 is 7.10. The summed E-state index contributed by atoms with van der Waals surface area (Å²) in [6, 6.07) is 20.2. The molecule has 2 fully saturated rings. The van der Waals surface area contributed by atoms with Crippen LogP contribution in [0.1, 0.15) is 54.1 Å². The van der Waals surface area contributed by atoms with Crippen molar-refractivity contribution in [2.24, 2.45) is 5.92 Å². The van der Waals surface area contributed by atoms with Gasteiger partial charge in [-0.3, -0.25) is 4.79 Å². The highest BCUT2D eigenvalue weighted by molar-refractivity contribution is 6.24. The second-order valence-corrected chi connectivity index (χ2v) is 8.11. The maximum atomic E-state index is 13.2. The van der Waals surface area contributed by atoms with Crippen LogP contribution in [0.5, 0.6) is 0 Å². The standard InChI is InChI=1S/C22H24ClNO/c23-22-14-8-7-13-19(22)20(17-9-3-1-4-10-17)24(16-15-22)21(25)18-11-5-2-6-12-18/h1-6,9-12,19-20H,7-8,13-16H2/t19-,20+,22-/m1/s1. The van der Waals surface area contributed by atoms with Crippen LogP contribution in [0, 0.1) is 5.92 Å². The largest absolute Gasteiger partial charge is 0.331 e. The summed E-state index contributed by atoms with van der Waals surface area (Å²) in [5.74, 6) is 0.450. The van der Waals surface area contributed by atoms with Crippen molar-refractivity contribution in [2.75, 3.05) is 6.54 Å². The summed E-state index contributed by atoms with van der Waals surface area (Å²) in [6.07, 6.45) is 5.46. The second kappa shape index (κ2) is 6.84. The molecule has 130 valence electrons. The SMILES string of the molecule is O=C(c1ccccc1)N1CC[C@]2(Cl)CCCC[C@@H]2[C@@H]1c1ccccc1. The Morgan fingerprint density at radius 3 is 2.36 bits per heavy atom. The Bertz CT molecular complexity index is 732. The van der Waals surface area contributed by atoms with Crippen LogP contribution in [0.15, 0.2) is 60.7 Å². The smallest absolute Gasteiger partial charge is 0.254 e. The van der Waals surface area contributed by atoms with E-state index in [4.69, 9.17) is 11.6 Å². The Hall–Kier alpha value is -1.80. The number of benzene rings is 2. The van der Waals surface area contributed by atoms with Gasteiger partial charge in [0.15, 0.2) is 0 Å². The lowest BCUT2D eigenvalue weighted by molar-refractivity contribution is 0.0279. The van der Waals surface area contributed by atoms with Crippen LogP contribution in [0.4, 0.5) is 0 Å². The molecule has 1 aliphatic heterocycles. The zero-order valence-electron chi connectivity index (χ0n) is 14.4. The third-order valence-electron chi connectivity index (χ3n) is 5.93. The van der Waals surface area contributed by atoms with Gasteiger partial charge in [0.05, 0.1) is 10.9 Å². The fourth-order valence-electron chi connectivity index (χ4n) is 4.68. The van der Waals surface area contributed by atoms with Crippen molar-refractivity contribution in [3.8, 4) is 0 Å². The van der Waals surface area contributed by atoms with E-state index in [-0.39, 0.29) is 16.8 Å². The molecule has 0 radical (unpaired) electrons. The van der Waals surface area contributed by atoms with Gasteiger partial charge in [-0.25, -0.2) is 0 Å². The Labute approximate surface area is 154 Å². The third-order valence-corrected chi connectivity index (χ3v) is 6.59. The minimum absolute atomic E-state index is 0.0699. The summed E-state index contributed by atoms with van der Waals surface area (Å²) < 4.78 is 0. The predicted octanol–water partition coefficient (Wildman–Crippen LogP) is 5.44. The van der Waals surface area contributed by atoms with Crippen LogP contribution in [-0.4, -0.2) is 22.2 Å². The van der Waals surface area contributed by atoms with Gasteiger partial charge in [0.1, 0.15) is 0 Å². The van der Waals surface area contributed by atoms with Gasteiger partial charge < -0.3 is 4.90 Å². The fraction of sp³-hybridized carbons (Fsp3) is 0.409. The topological polar surface area (TPSA) is 20.3 Å².